The third kappa shape index (κ3) is 4.20. The quantitative estimate of drug-likeness (QED) is 0.410. The molecule has 0 fully saturated rings. The largest absolute Gasteiger partial charge is 0.497 e. The molecule has 0 bridgehead atoms. The van der Waals surface area contributed by atoms with E-state index in [1.54, 1.807) is 42.6 Å². The van der Waals surface area contributed by atoms with E-state index in [2.05, 4.69) is 10.3 Å². The number of rotatable bonds is 6. The molecule has 0 saturated heterocycles. The molecule has 1 N–H and O–H groups in total. The third-order valence-electron chi connectivity index (χ3n) is 6.93. The highest BCUT2D eigenvalue weighted by molar-refractivity contribution is 6.11. The standard InChI is InChI=1S/C30H25N3O5/c1-36-22-9-6-20(7-10-22)28-27(29(34)32-17-19-12-14-31-15-13-19)23-4-2-3-5-24(23)30(35)33(28)21-8-11-25-26(16-21)38-18-37-25/h2-16,27-28H,17-18H2,1H3,(H,32,34)/t27-,28+/m0/s1. The first-order valence-electron chi connectivity index (χ1n) is 12.3. The zero-order chi connectivity index (χ0) is 26.1. The van der Waals surface area contributed by atoms with Crippen LogP contribution in [0.1, 0.15) is 39.0 Å². The fourth-order valence-electron chi connectivity index (χ4n) is 5.08. The molecule has 0 spiro atoms. The summed E-state index contributed by atoms with van der Waals surface area (Å²) in [5.41, 5.74) is 3.51. The molecule has 8 nitrogen and oxygen atoms in total. The molecule has 4 aromatic rings. The van der Waals surface area contributed by atoms with Crippen LogP contribution in [0.3, 0.4) is 0 Å². The van der Waals surface area contributed by atoms with E-state index in [1.165, 1.54) is 0 Å². The highest BCUT2D eigenvalue weighted by Crippen LogP contribution is 2.47. The molecule has 2 aliphatic rings. The van der Waals surface area contributed by atoms with Gasteiger partial charge in [0.1, 0.15) is 5.75 Å². The predicted molar refractivity (Wildman–Crippen MR) is 140 cm³/mol. The average Bonchev–Trinajstić information content (AvgIpc) is 3.44. The van der Waals surface area contributed by atoms with Gasteiger partial charge in [0.15, 0.2) is 11.5 Å². The van der Waals surface area contributed by atoms with Gasteiger partial charge in [0.05, 0.1) is 19.1 Å². The van der Waals surface area contributed by atoms with Crippen molar-refractivity contribution in [1.82, 2.24) is 10.3 Å². The first-order valence-corrected chi connectivity index (χ1v) is 12.3. The Morgan fingerprint density at radius 2 is 1.76 bits per heavy atom. The summed E-state index contributed by atoms with van der Waals surface area (Å²) < 4.78 is 16.5. The number of carbonyl (C=O) groups excluding carboxylic acids is 2. The van der Waals surface area contributed by atoms with Gasteiger partial charge >= 0.3 is 0 Å². The number of aromatic nitrogens is 1. The minimum Gasteiger partial charge on any atom is -0.497 e. The Balaban J connectivity index is 1.48. The number of amides is 2. The van der Waals surface area contributed by atoms with Gasteiger partial charge in [-0.3, -0.25) is 19.5 Å². The SMILES string of the molecule is COc1ccc([C@@H]2[C@@H](C(=O)NCc3ccncc3)c3ccccc3C(=O)N2c2ccc3c(c2)OCO3)cc1. The number of benzene rings is 3. The molecule has 0 unspecified atom stereocenters. The maximum absolute atomic E-state index is 14.1. The van der Waals surface area contributed by atoms with Crippen molar-refractivity contribution in [2.24, 2.45) is 0 Å². The molecule has 6 rings (SSSR count). The van der Waals surface area contributed by atoms with Gasteiger partial charge in [-0.05, 0) is 59.2 Å². The van der Waals surface area contributed by atoms with E-state index < -0.39 is 12.0 Å². The molecule has 38 heavy (non-hydrogen) atoms. The Bertz CT molecular complexity index is 1490. The fraction of sp³-hybridized carbons (Fsp3) is 0.167. The highest BCUT2D eigenvalue weighted by Gasteiger charge is 2.45. The van der Waals surface area contributed by atoms with Crippen molar-refractivity contribution in [3.63, 3.8) is 0 Å². The number of hydrogen-bond donors (Lipinski definition) is 1. The molecule has 190 valence electrons. The van der Waals surface area contributed by atoms with Crippen LogP contribution in [0.5, 0.6) is 17.2 Å². The van der Waals surface area contributed by atoms with Gasteiger partial charge in [-0.25, -0.2) is 0 Å². The van der Waals surface area contributed by atoms with Crippen molar-refractivity contribution in [2.75, 3.05) is 18.8 Å². The number of nitrogens with one attached hydrogen (secondary N) is 1. The van der Waals surface area contributed by atoms with E-state index in [0.29, 0.717) is 40.6 Å². The normalized spacial score (nSPS) is 17.6. The maximum Gasteiger partial charge on any atom is 0.259 e. The summed E-state index contributed by atoms with van der Waals surface area (Å²) in [5.74, 6) is 0.800. The van der Waals surface area contributed by atoms with Gasteiger partial charge in [0.25, 0.3) is 5.91 Å². The number of fused-ring (bicyclic) bond motifs is 2. The molecule has 3 heterocycles. The first-order chi connectivity index (χ1) is 18.6. The second-order valence-corrected chi connectivity index (χ2v) is 9.07. The lowest BCUT2D eigenvalue weighted by Gasteiger charge is -2.42. The van der Waals surface area contributed by atoms with E-state index in [1.807, 2.05) is 60.7 Å². The summed E-state index contributed by atoms with van der Waals surface area (Å²) in [6.07, 6.45) is 3.38. The zero-order valence-electron chi connectivity index (χ0n) is 20.7. The van der Waals surface area contributed by atoms with E-state index in [4.69, 9.17) is 14.2 Å². The summed E-state index contributed by atoms with van der Waals surface area (Å²) >= 11 is 0. The maximum atomic E-state index is 14.1. The number of hydrogen-bond acceptors (Lipinski definition) is 6. The van der Waals surface area contributed by atoms with Gasteiger partial charge in [-0.15, -0.1) is 0 Å². The topological polar surface area (TPSA) is 90.0 Å². The second-order valence-electron chi connectivity index (χ2n) is 9.07. The predicted octanol–water partition coefficient (Wildman–Crippen LogP) is 4.62. The van der Waals surface area contributed by atoms with Crippen LogP contribution in [-0.2, 0) is 11.3 Å². The summed E-state index contributed by atoms with van der Waals surface area (Å²) in [4.78, 5) is 33.8. The number of anilines is 1. The monoisotopic (exact) mass is 507 g/mol. The molecule has 3 aromatic carbocycles. The number of ether oxygens (including phenoxy) is 3. The summed E-state index contributed by atoms with van der Waals surface area (Å²) in [7, 11) is 1.60. The Morgan fingerprint density at radius 3 is 2.55 bits per heavy atom. The van der Waals surface area contributed by atoms with Gasteiger partial charge in [0.2, 0.25) is 12.7 Å². The highest BCUT2D eigenvalue weighted by atomic mass is 16.7. The Kier molecular flexibility index (Phi) is 6.13. The molecule has 8 heteroatoms. The van der Waals surface area contributed by atoms with Crippen molar-refractivity contribution in [1.29, 1.82) is 0 Å². The van der Waals surface area contributed by atoms with Gasteiger partial charge in [-0.2, -0.15) is 0 Å². The summed E-state index contributed by atoms with van der Waals surface area (Å²) in [6.45, 7) is 0.463. The minimum atomic E-state index is -0.676. The van der Waals surface area contributed by atoms with Gasteiger partial charge in [-0.1, -0.05) is 30.3 Å². The fourth-order valence-corrected chi connectivity index (χ4v) is 5.08. The number of nitrogens with zero attached hydrogens (tertiary/aromatic N) is 2. The molecule has 0 saturated carbocycles. The molecule has 1 aromatic heterocycles. The molecule has 2 amide bonds. The first kappa shape index (κ1) is 23.5. The lowest BCUT2D eigenvalue weighted by molar-refractivity contribution is -0.123. The van der Waals surface area contributed by atoms with E-state index in [0.717, 1.165) is 11.1 Å². The van der Waals surface area contributed by atoms with Crippen LogP contribution in [-0.4, -0.2) is 30.7 Å². The van der Waals surface area contributed by atoms with Gasteiger partial charge in [0, 0.05) is 36.3 Å². The van der Waals surface area contributed by atoms with Crippen LogP contribution < -0.4 is 24.4 Å². The van der Waals surface area contributed by atoms with Crippen molar-refractivity contribution in [2.45, 2.75) is 18.5 Å². The lowest BCUT2D eigenvalue weighted by atomic mass is 9.78. The molecular formula is C30H25N3O5. The van der Waals surface area contributed by atoms with Crippen molar-refractivity contribution >= 4 is 17.5 Å². The molecule has 0 radical (unpaired) electrons. The second kappa shape index (κ2) is 9.89. The summed E-state index contributed by atoms with van der Waals surface area (Å²) in [6, 6.07) is 23.3. The van der Waals surface area contributed by atoms with Crippen molar-refractivity contribution < 1.29 is 23.8 Å². The lowest BCUT2D eigenvalue weighted by Crippen LogP contribution is -2.47. The molecular weight excluding hydrogens is 482 g/mol. The van der Waals surface area contributed by atoms with E-state index in [9.17, 15) is 9.59 Å². The van der Waals surface area contributed by atoms with Crippen LogP contribution in [0.2, 0.25) is 0 Å². The molecule has 2 aliphatic heterocycles. The Labute approximate surface area is 219 Å². The van der Waals surface area contributed by atoms with Gasteiger partial charge < -0.3 is 19.5 Å². The molecule has 2 atom stereocenters. The number of carbonyl (C=O) groups is 2. The van der Waals surface area contributed by atoms with E-state index in [-0.39, 0.29) is 18.6 Å². The Hall–Kier alpha value is -4.85. The van der Waals surface area contributed by atoms with Crippen LogP contribution in [0.25, 0.3) is 0 Å². The van der Waals surface area contributed by atoms with Crippen LogP contribution in [0, 0.1) is 0 Å². The van der Waals surface area contributed by atoms with Crippen molar-refractivity contribution in [3.8, 4) is 17.2 Å². The average molecular weight is 508 g/mol. The van der Waals surface area contributed by atoms with Crippen LogP contribution >= 0.6 is 0 Å². The van der Waals surface area contributed by atoms with Crippen molar-refractivity contribution in [3.05, 3.63) is 114 Å². The van der Waals surface area contributed by atoms with Crippen LogP contribution in [0.15, 0.2) is 91.3 Å². The molecule has 0 aliphatic carbocycles. The number of pyridine rings is 1. The van der Waals surface area contributed by atoms with E-state index >= 15 is 0 Å². The third-order valence-corrected chi connectivity index (χ3v) is 6.93. The summed E-state index contributed by atoms with van der Waals surface area (Å²) in [5, 5.41) is 3.09. The Morgan fingerprint density at radius 1 is 1.00 bits per heavy atom. The van der Waals surface area contributed by atoms with Crippen LogP contribution in [0.4, 0.5) is 5.69 Å². The zero-order valence-corrected chi connectivity index (χ0v) is 20.7. The smallest absolute Gasteiger partial charge is 0.259 e. The number of methoxy groups -OCH3 is 1. The minimum absolute atomic E-state index is 0.123.